The third-order valence-corrected chi connectivity index (χ3v) is 4.82. The van der Waals surface area contributed by atoms with Crippen LogP contribution in [0.15, 0.2) is 42.5 Å². The van der Waals surface area contributed by atoms with Crippen molar-refractivity contribution in [2.75, 3.05) is 0 Å². The first-order chi connectivity index (χ1) is 11.0. The number of amides is 1. The minimum atomic E-state index is -0.934. The van der Waals surface area contributed by atoms with Crippen LogP contribution in [0.2, 0.25) is 0 Å². The molecule has 1 atom stereocenters. The van der Waals surface area contributed by atoms with E-state index in [9.17, 15) is 9.59 Å². The molecule has 2 aromatic rings. The summed E-state index contributed by atoms with van der Waals surface area (Å²) in [6, 6.07) is 13.3. The quantitative estimate of drug-likeness (QED) is 0.815. The fourth-order valence-electron chi connectivity index (χ4n) is 2.39. The van der Waals surface area contributed by atoms with Crippen LogP contribution in [0.3, 0.4) is 0 Å². The zero-order chi connectivity index (χ0) is 16.8. The smallest absolute Gasteiger partial charge is 0.345 e. The van der Waals surface area contributed by atoms with Crippen molar-refractivity contribution >= 4 is 23.2 Å². The van der Waals surface area contributed by atoms with Gasteiger partial charge in [0.25, 0.3) is 0 Å². The van der Waals surface area contributed by atoms with Crippen molar-refractivity contribution in [1.29, 1.82) is 0 Å². The Morgan fingerprint density at radius 2 is 1.83 bits per heavy atom. The van der Waals surface area contributed by atoms with Gasteiger partial charge < -0.3 is 10.4 Å². The van der Waals surface area contributed by atoms with Crippen LogP contribution in [0.25, 0.3) is 0 Å². The predicted octanol–water partition coefficient (Wildman–Crippen LogP) is 3.58. The average molecular weight is 331 g/mol. The minimum Gasteiger partial charge on any atom is -0.477 e. The van der Waals surface area contributed by atoms with E-state index < -0.39 is 5.97 Å². The van der Waals surface area contributed by atoms with E-state index in [4.69, 9.17) is 5.11 Å². The van der Waals surface area contributed by atoms with Gasteiger partial charge in [0.15, 0.2) is 0 Å². The lowest BCUT2D eigenvalue weighted by molar-refractivity contribution is -0.126. The molecule has 2 N–H and O–H groups in total. The highest BCUT2D eigenvalue weighted by atomic mass is 32.1. The molecule has 1 unspecified atom stereocenters. The Hall–Kier alpha value is -2.14. The second-order valence-electron chi connectivity index (χ2n) is 5.83. The zero-order valence-corrected chi connectivity index (χ0v) is 14.1. The predicted molar refractivity (Wildman–Crippen MR) is 91.6 cm³/mol. The summed E-state index contributed by atoms with van der Waals surface area (Å²) in [5, 5.41) is 11.9. The van der Waals surface area contributed by atoms with E-state index in [1.54, 1.807) is 12.1 Å². The maximum Gasteiger partial charge on any atom is 0.345 e. The molecule has 0 saturated carbocycles. The van der Waals surface area contributed by atoms with Crippen molar-refractivity contribution in [3.05, 3.63) is 57.8 Å². The average Bonchev–Trinajstić information content (AvgIpc) is 3.00. The highest BCUT2D eigenvalue weighted by Crippen LogP contribution is 2.19. The van der Waals surface area contributed by atoms with Gasteiger partial charge in [-0.05, 0) is 30.0 Å². The highest BCUT2D eigenvalue weighted by molar-refractivity contribution is 7.13. The van der Waals surface area contributed by atoms with Crippen molar-refractivity contribution in [1.82, 2.24) is 5.32 Å². The van der Waals surface area contributed by atoms with Gasteiger partial charge in [-0.2, -0.15) is 0 Å². The number of hydrogen-bond donors (Lipinski definition) is 2. The molecule has 23 heavy (non-hydrogen) atoms. The molecule has 0 aliphatic heterocycles. The van der Waals surface area contributed by atoms with E-state index in [-0.39, 0.29) is 17.7 Å². The first-order valence-electron chi connectivity index (χ1n) is 7.61. The van der Waals surface area contributed by atoms with E-state index >= 15 is 0 Å². The summed E-state index contributed by atoms with van der Waals surface area (Å²) in [6.07, 6.45) is 0.704. The van der Waals surface area contributed by atoms with Crippen molar-refractivity contribution < 1.29 is 14.7 Å². The molecule has 0 aliphatic rings. The molecule has 0 aliphatic carbocycles. The Labute approximate surface area is 140 Å². The van der Waals surface area contributed by atoms with Crippen LogP contribution >= 0.6 is 11.3 Å². The Morgan fingerprint density at radius 1 is 1.13 bits per heavy atom. The Kier molecular flexibility index (Phi) is 5.93. The molecule has 122 valence electrons. The monoisotopic (exact) mass is 331 g/mol. The number of aromatic carboxylic acids is 1. The third kappa shape index (κ3) is 4.93. The number of carbonyl (C=O) groups is 2. The summed E-state index contributed by atoms with van der Waals surface area (Å²) in [5.41, 5.74) is 1.14. The van der Waals surface area contributed by atoms with E-state index in [2.05, 4.69) is 5.32 Å². The van der Waals surface area contributed by atoms with Crippen LogP contribution in [-0.2, 0) is 17.8 Å². The lowest BCUT2D eigenvalue weighted by Crippen LogP contribution is -2.34. The van der Waals surface area contributed by atoms with Gasteiger partial charge in [-0.25, -0.2) is 4.79 Å². The maximum atomic E-state index is 12.5. The first kappa shape index (κ1) is 17.2. The van der Waals surface area contributed by atoms with Crippen molar-refractivity contribution in [2.24, 2.45) is 11.8 Å². The van der Waals surface area contributed by atoms with Gasteiger partial charge in [-0.1, -0.05) is 44.2 Å². The van der Waals surface area contributed by atoms with Crippen molar-refractivity contribution in [3.8, 4) is 0 Å². The largest absolute Gasteiger partial charge is 0.477 e. The van der Waals surface area contributed by atoms with E-state index in [1.165, 1.54) is 11.3 Å². The lowest BCUT2D eigenvalue weighted by Gasteiger charge is -2.20. The van der Waals surface area contributed by atoms with Crippen LogP contribution in [0, 0.1) is 11.8 Å². The molecule has 1 heterocycles. The summed E-state index contributed by atoms with van der Waals surface area (Å²) < 4.78 is 0. The van der Waals surface area contributed by atoms with Crippen molar-refractivity contribution in [2.45, 2.75) is 26.8 Å². The fourth-order valence-corrected chi connectivity index (χ4v) is 3.18. The normalized spacial score (nSPS) is 12.1. The number of carboxylic acids is 1. The molecule has 5 heteroatoms. The number of hydrogen-bond acceptors (Lipinski definition) is 3. The molecule has 1 amide bonds. The molecule has 1 aromatic carbocycles. The zero-order valence-electron chi connectivity index (χ0n) is 13.3. The molecule has 0 fully saturated rings. The molecule has 2 rings (SSSR count). The van der Waals surface area contributed by atoms with E-state index in [0.29, 0.717) is 17.8 Å². The molecule has 1 aromatic heterocycles. The maximum absolute atomic E-state index is 12.5. The summed E-state index contributed by atoms with van der Waals surface area (Å²) in [7, 11) is 0. The molecule has 0 radical (unpaired) electrons. The van der Waals surface area contributed by atoms with Crippen molar-refractivity contribution in [3.63, 3.8) is 0 Å². The summed E-state index contributed by atoms with van der Waals surface area (Å²) in [5.74, 6) is -0.796. The minimum absolute atomic E-state index is 0.00845. The van der Waals surface area contributed by atoms with Gasteiger partial charge in [0.05, 0.1) is 6.54 Å². The van der Waals surface area contributed by atoms with Crippen LogP contribution in [0.1, 0.15) is 34.0 Å². The number of nitrogens with one attached hydrogen (secondary N) is 1. The molecule has 0 spiro atoms. The Bertz CT molecular complexity index is 664. The van der Waals surface area contributed by atoms with Gasteiger partial charge in [-0.3, -0.25) is 4.79 Å². The second-order valence-corrected chi connectivity index (χ2v) is 7.00. The van der Waals surface area contributed by atoms with Crippen LogP contribution in [-0.4, -0.2) is 17.0 Å². The van der Waals surface area contributed by atoms with Crippen LogP contribution in [0.4, 0.5) is 0 Å². The molecular formula is C18H21NO3S. The summed E-state index contributed by atoms with van der Waals surface area (Å²) in [4.78, 5) is 24.5. The van der Waals surface area contributed by atoms with Gasteiger partial charge >= 0.3 is 5.97 Å². The highest BCUT2D eigenvalue weighted by Gasteiger charge is 2.22. The van der Waals surface area contributed by atoms with Gasteiger partial charge in [0, 0.05) is 10.8 Å². The van der Waals surface area contributed by atoms with E-state index in [0.717, 1.165) is 10.4 Å². The lowest BCUT2D eigenvalue weighted by atomic mass is 9.88. The fraction of sp³-hybridized carbons (Fsp3) is 0.333. The Balaban J connectivity index is 1.96. The third-order valence-electron chi connectivity index (χ3n) is 3.75. The molecular weight excluding hydrogens is 310 g/mol. The van der Waals surface area contributed by atoms with Crippen LogP contribution in [0.5, 0.6) is 0 Å². The summed E-state index contributed by atoms with van der Waals surface area (Å²) >= 11 is 1.19. The van der Waals surface area contributed by atoms with E-state index in [1.807, 2.05) is 44.2 Å². The SMILES string of the molecule is CC(C)C(Cc1ccccc1)C(=O)NCc1ccc(C(=O)O)s1. The molecule has 0 saturated heterocycles. The number of rotatable bonds is 7. The first-order valence-corrected chi connectivity index (χ1v) is 8.42. The van der Waals surface area contributed by atoms with Gasteiger partial charge in [0.1, 0.15) is 4.88 Å². The van der Waals surface area contributed by atoms with Crippen LogP contribution < -0.4 is 5.32 Å². The van der Waals surface area contributed by atoms with Gasteiger partial charge in [0.2, 0.25) is 5.91 Å². The standard InChI is InChI=1S/C18H21NO3S/c1-12(2)15(10-13-6-4-3-5-7-13)17(20)19-11-14-8-9-16(23-14)18(21)22/h3-9,12,15H,10-11H2,1-2H3,(H,19,20)(H,21,22). The number of benzene rings is 1. The number of carbonyl (C=O) groups excluding carboxylic acids is 1. The summed E-state index contributed by atoms with van der Waals surface area (Å²) in [6.45, 7) is 4.45. The topological polar surface area (TPSA) is 66.4 Å². The Morgan fingerprint density at radius 3 is 2.39 bits per heavy atom. The number of carboxylic acid groups (broad SMARTS) is 1. The second kappa shape index (κ2) is 7.92. The van der Waals surface area contributed by atoms with Gasteiger partial charge in [-0.15, -0.1) is 11.3 Å². The molecule has 0 bridgehead atoms. The molecule has 4 nitrogen and oxygen atoms in total. The number of thiophene rings is 1.